The van der Waals surface area contributed by atoms with Crippen LogP contribution < -0.4 is 4.74 Å². The van der Waals surface area contributed by atoms with Crippen molar-refractivity contribution < 1.29 is 14.6 Å². The van der Waals surface area contributed by atoms with E-state index < -0.39 is 0 Å². The maximum atomic E-state index is 12.2. The molecule has 0 radical (unpaired) electrons. The Hall–Kier alpha value is -2.29. The number of phenols is 1. The van der Waals surface area contributed by atoms with Crippen LogP contribution in [0.3, 0.4) is 0 Å². The summed E-state index contributed by atoms with van der Waals surface area (Å²) in [4.78, 5) is 12.2. The fourth-order valence-electron chi connectivity index (χ4n) is 4.10. The molecule has 0 spiro atoms. The highest BCUT2D eigenvalue weighted by Gasteiger charge is 2.23. The van der Waals surface area contributed by atoms with Crippen LogP contribution in [0.1, 0.15) is 109 Å². The van der Waals surface area contributed by atoms with Crippen molar-refractivity contribution in [1.29, 1.82) is 0 Å². The number of unbranched alkanes of at least 4 members (excludes halogenated alkanes) is 10. The van der Waals surface area contributed by atoms with Gasteiger partial charge in [-0.05, 0) is 41.8 Å². The van der Waals surface area contributed by atoms with Crippen LogP contribution in [0.15, 0.2) is 48.5 Å². The normalized spacial score (nSPS) is 11.5. The Balaban J connectivity index is 1.64. The number of aromatic hydroxyl groups is 1. The van der Waals surface area contributed by atoms with Crippen molar-refractivity contribution >= 4 is 5.97 Å². The summed E-state index contributed by atoms with van der Waals surface area (Å²) in [7, 11) is 0. The van der Waals surface area contributed by atoms with Gasteiger partial charge in [-0.25, -0.2) is 0 Å². The highest BCUT2D eigenvalue weighted by molar-refractivity contribution is 5.72. The van der Waals surface area contributed by atoms with Gasteiger partial charge in [0.2, 0.25) is 0 Å². The molecule has 0 aromatic heterocycles. The summed E-state index contributed by atoms with van der Waals surface area (Å²) < 4.78 is 5.52. The predicted molar refractivity (Wildman–Crippen MR) is 133 cm³/mol. The molecule has 0 bridgehead atoms. The molecule has 0 aliphatic carbocycles. The fraction of sp³-hybridized carbons (Fsp3) is 0.552. The van der Waals surface area contributed by atoms with E-state index in [-0.39, 0.29) is 17.1 Å². The smallest absolute Gasteiger partial charge is 0.311 e. The molecule has 3 heteroatoms. The largest absolute Gasteiger partial charge is 0.508 e. The van der Waals surface area contributed by atoms with E-state index in [1.807, 2.05) is 36.4 Å². The number of carbonyl (C=O) groups is 1. The first-order chi connectivity index (χ1) is 15.4. The Labute approximate surface area is 195 Å². The Morgan fingerprint density at radius 1 is 0.719 bits per heavy atom. The Bertz CT molecular complexity index is 775. The van der Waals surface area contributed by atoms with Gasteiger partial charge in [0.1, 0.15) is 11.5 Å². The molecule has 0 unspecified atom stereocenters. The van der Waals surface area contributed by atoms with E-state index >= 15 is 0 Å². The summed E-state index contributed by atoms with van der Waals surface area (Å²) in [5.41, 5.74) is 2.05. The van der Waals surface area contributed by atoms with Crippen LogP contribution in [0.4, 0.5) is 0 Å². The van der Waals surface area contributed by atoms with Crippen molar-refractivity contribution in [1.82, 2.24) is 0 Å². The average Bonchev–Trinajstić information content (AvgIpc) is 2.78. The monoisotopic (exact) mass is 438 g/mol. The molecule has 0 amide bonds. The van der Waals surface area contributed by atoms with Crippen LogP contribution in [0, 0.1) is 0 Å². The van der Waals surface area contributed by atoms with Crippen molar-refractivity contribution in [3.8, 4) is 11.5 Å². The van der Waals surface area contributed by atoms with E-state index in [1.165, 1.54) is 57.8 Å². The second-order valence-corrected chi connectivity index (χ2v) is 9.46. The van der Waals surface area contributed by atoms with Gasteiger partial charge in [-0.3, -0.25) is 4.79 Å². The summed E-state index contributed by atoms with van der Waals surface area (Å²) in [5, 5.41) is 9.52. The van der Waals surface area contributed by atoms with Crippen molar-refractivity contribution in [2.24, 2.45) is 0 Å². The van der Waals surface area contributed by atoms with Gasteiger partial charge in [-0.1, -0.05) is 109 Å². The Kier molecular flexibility index (Phi) is 11.3. The number of hydrogen-bond acceptors (Lipinski definition) is 3. The molecular formula is C29H42O3. The first-order valence-corrected chi connectivity index (χ1v) is 12.5. The van der Waals surface area contributed by atoms with Gasteiger partial charge in [0.05, 0.1) is 0 Å². The van der Waals surface area contributed by atoms with Gasteiger partial charge in [0, 0.05) is 11.8 Å². The lowest BCUT2D eigenvalue weighted by molar-refractivity contribution is -0.134. The fourth-order valence-corrected chi connectivity index (χ4v) is 4.10. The van der Waals surface area contributed by atoms with Crippen LogP contribution in [0.25, 0.3) is 0 Å². The molecule has 3 nitrogen and oxygen atoms in total. The number of esters is 1. The number of carbonyl (C=O) groups excluding carboxylic acids is 1. The average molecular weight is 439 g/mol. The van der Waals surface area contributed by atoms with E-state index in [4.69, 9.17) is 4.74 Å². The van der Waals surface area contributed by atoms with Crippen molar-refractivity contribution in [2.75, 3.05) is 0 Å². The minimum atomic E-state index is -0.203. The van der Waals surface area contributed by atoms with Gasteiger partial charge in [-0.2, -0.15) is 0 Å². The molecular weight excluding hydrogens is 396 g/mol. The molecule has 2 rings (SSSR count). The lowest BCUT2D eigenvalue weighted by Crippen LogP contribution is -2.18. The topological polar surface area (TPSA) is 46.5 Å². The predicted octanol–water partition coefficient (Wildman–Crippen LogP) is 8.32. The quantitative estimate of drug-likeness (QED) is 0.173. The molecule has 0 fully saturated rings. The molecule has 0 aliphatic rings. The lowest BCUT2D eigenvalue weighted by Gasteiger charge is -2.26. The number of phenolic OH excluding ortho intramolecular Hbond substituents is 1. The molecule has 0 atom stereocenters. The van der Waals surface area contributed by atoms with E-state index in [9.17, 15) is 9.90 Å². The first-order valence-electron chi connectivity index (χ1n) is 12.5. The first kappa shape index (κ1) is 26.0. The summed E-state index contributed by atoms with van der Waals surface area (Å²) in [6.45, 7) is 6.55. The van der Waals surface area contributed by atoms with Crippen molar-refractivity contribution in [3.05, 3.63) is 59.7 Å². The molecule has 176 valence electrons. The number of rotatable bonds is 15. The van der Waals surface area contributed by atoms with Crippen LogP contribution in [-0.2, 0) is 10.2 Å². The summed E-state index contributed by atoms with van der Waals surface area (Å²) >= 11 is 0. The molecule has 0 saturated heterocycles. The third-order valence-corrected chi connectivity index (χ3v) is 6.38. The molecule has 0 heterocycles. The molecule has 0 aliphatic heterocycles. The minimum absolute atomic E-state index is 0.147. The summed E-state index contributed by atoms with van der Waals surface area (Å²) in [5.74, 6) is 0.722. The molecule has 2 aromatic carbocycles. The zero-order chi connectivity index (χ0) is 23.2. The van der Waals surface area contributed by atoms with E-state index in [2.05, 4.69) is 20.8 Å². The standard InChI is InChI=1S/C29H42O3/c1-4-5-6-7-8-9-10-11-12-13-14-15-28(31)32-27-22-18-25(19-23-27)29(2,3)24-16-20-26(30)21-17-24/h16-23,30H,4-15H2,1-3H3. The van der Waals surface area contributed by atoms with Crippen LogP contribution in [0.2, 0.25) is 0 Å². The second kappa shape index (κ2) is 14.0. The minimum Gasteiger partial charge on any atom is -0.508 e. The van der Waals surface area contributed by atoms with E-state index in [0.717, 1.165) is 24.0 Å². The van der Waals surface area contributed by atoms with Crippen LogP contribution >= 0.6 is 0 Å². The number of benzene rings is 2. The van der Waals surface area contributed by atoms with Crippen LogP contribution in [0.5, 0.6) is 11.5 Å². The molecule has 0 saturated carbocycles. The van der Waals surface area contributed by atoms with Gasteiger partial charge in [0.15, 0.2) is 0 Å². The zero-order valence-corrected chi connectivity index (χ0v) is 20.4. The maximum absolute atomic E-state index is 12.2. The van der Waals surface area contributed by atoms with Gasteiger partial charge in [0.25, 0.3) is 0 Å². The number of ether oxygens (including phenoxy) is 1. The zero-order valence-electron chi connectivity index (χ0n) is 20.4. The van der Waals surface area contributed by atoms with Gasteiger partial charge in [-0.15, -0.1) is 0 Å². The summed E-state index contributed by atoms with van der Waals surface area (Å²) in [6, 6.07) is 15.1. The maximum Gasteiger partial charge on any atom is 0.311 e. The van der Waals surface area contributed by atoms with Gasteiger partial charge >= 0.3 is 5.97 Å². The highest BCUT2D eigenvalue weighted by atomic mass is 16.5. The molecule has 2 aromatic rings. The Morgan fingerprint density at radius 2 is 1.16 bits per heavy atom. The van der Waals surface area contributed by atoms with Crippen LogP contribution in [-0.4, -0.2) is 11.1 Å². The van der Waals surface area contributed by atoms with Crippen molar-refractivity contribution in [3.63, 3.8) is 0 Å². The second-order valence-electron chi connectivity index (χ2n) is 9.46. The lowest BCUT2D eigenvalue weighted by atomic mass is 9.78. The summed E-state index contributed by atoms with van der Waals surface area (Å²) in [6.07, 6.45) is 14.5. The third-order valence-electron chi connectivity index (χ3n) is 6.38. The SMILES string of the molecule is CCCCCCCCCCCCCC(=O)Oc1ccc(C(C)(C)c2ccc(O)cc2)cc1. The highest BCUT2D eigenvalue weighted by Crippen LogP contribution is 2.33. The van der Waals surface area contributed by atoms with E-state index in [1.54, 1.807) is 12.1 Å². The van der Waals surface area contributed by atoms with Crippen molar-refractivity contribution in [2.45, 2.75) is 103 Å². The molecule has 32 heavy (non-hydrogen) atoms. The third kappa shape index (κ3) is 9.06. The molecule has 1 N–H and O–H groups in total. The number of hydrogen-bond donors (Lipinski definition) is 1. The van der Waals surface area contributed by atoms with E-state index in [0.29, 0.717) is 12.2 Å². The Morgan fingerprint density at radius 3 is 1.66 bits per heavy atom. The van der Waals surface area contributed by atoms with Gasteiger partial charge < -0.3 is 9.84 Å².